The molecule has 0 amide bonds. The normalized spacial score (nSPS) is 44.2. The first-order chi connectivity index (χ1) is 15.8. The van der Waals surface area contributed by atoms with Gasteiger partial charge in [0.2, 0.25) is 0 Å². The Bertz CT molecular complexity index is 888. The summed E-state index contributed by atoms with van der Waals surface area (Å²) in [5, 5.41) is 25.2. The molecule has 182 valence electrons. The van der Waals surface area contributed by atoms with Gasteiger partial charge in [-0.15, -0.1) is 0 Å². The predicted molar refractivity (Wildman–Crippen MR) is 128 cm³/mol. The molecule has 0 saturated heterocycles. The van der Waals surface area contributed by atoms with Gasteiger partial charge in [-0.05, 0) is 111 Å². The number of rotatable bonds is 5. The van der Waals surface area contributed by atoms with Gasteiger partial charge in [-0.2, -0.15) is 10.4 Å². The molecule has 5 nitrogen and oxygen atoms in total. The van der Waals surface area contributed by atoms with Gasteiger partial charge in [0.15, 0.2) is 0 Å². The molecule has 0 radical (unpaired) electrons. The Balaban J connectivity index is 1.33. The van der Waals surface area contributed by atoms with Gasteiger partial charge in [0.05, 0.1) is 23.9 Å². The summed E-state index contributed by atoms with van der Waals surface area (Å²) in [7, 11) is 1.86. The maximum absolute atomic E-state index is 11.7. The zero-order valence-corrected chi connectivity index (χ0v) is 21.0. The topological polar surface area (TPSA) is 71.1 Å². The number of nitriles is 1. The highest BCUT2D eigenvalue weighted by molar-refractivity contribution is 5.21. The second-order valence-corrected chi connectivity index (χ2v) is 12.7. The van der Waals surface area contributed by atoms with E-state index >= 15 is 0 Å². The van der Waals surface area contributed by atoms with Gasteiger partial charge in [-0.25, -0.2) is 0 Å². The van der Waals surface area contributed by atoms with E-state index in [1.165, 1.54) is 44.9 Å². The SMILES string of the molecule is COC[C@H]1C[C@H]2[C@H](CC[C@@H]3[C@@H]2CC[C@@]2(C)[C@H]3CC[C@@H]2[C@@](C)(O)Cn2cc(C#N)cn2)C[C@H]1C. The summed E-state index contributed by atoms with van der Waals surface area (Å²) < 4.78 is 7.38. The molecule has 1 N–H and O–H groups in total. The van der Waals surface area contributed by atoms with E-state index < -0.39 is 5.60 Å². The lowest BCUT2D eigenvalue weighted by Crippen LogP contribution is -2.53. The van der Waals surface area contributed by atoms with E-state index in [4.69, 9.17) is 10.00 Å². The summed E-state index contributed by atoms with van der Waals surface area (Å²) in [6, 6.07) is 2.15. The third kappa shape index (κ3) is 3.96. The first-order valence-electron chi connectivity index (χ1n) is 13.4. The zero-order chi connectivity index (χ0) is 23.4. The minimum Gasteiger partial charge on any atom is -0.388 e. The summed E-state index contributed by atoms with van der Waals surface area (Å²) in [4.78, 5) is 0. The maximum Gasteiger partial charge on any atom is 0.102 e. The first-order valence-corrected chi connectivity index (χ1v) is 13.4. The molecular weight excluding hydrogens is 410 g/mol. The second-order valence-electron chi connectivity index (χ2n) is 12.7. The van der Waals surface area contributed by atoms with Crippen molar-refractivity contribution in [2.45, 2.75) is 84.3 Å². The molecule has 5 rings (SSSR count). The van der Waals surface area contributed by atoms with Crippen LogP contribution in [0.1, 0.15) is 77.7 Å². The predicted octanol–water partition coefficient (Wildman–Crippen LogP) is 5.28. The highest BCUT2D eigenvalue weighted by Gasteiger charge is 2.60. The number of hydrogen-bond donors (Lipinski definition) is 1. The summed E-state index contributed by atoms with van der Waals surface area (Å²) in [6.07, 6.45) is 13.9. The highest BCUT2D eigenvalue weighted by atomic mass is 16.5. The Morgan fingerprint density at radius 2 is 2.03 bits per heavy atom. The average molecular weight is 454 g/mol. The number of fused-ring (bicyclic) bond motifs is 5. The molecule has 0 aromatic carbocycles. The number of hydrogen-bond acceptors (Lipinski definition) is 4. The maximum atomic E-state index is 11.7. The molecule has 5 heteroatoms. The zero-order valence-electron chi connectivity index (χ0n) is 21.0. The monoisotopic (exact) mass is 453 g/mol. The van der Waals surface area contributed by atoms with E-state index in [1.54, 1.807) is 17.1 Å². The molecule has 1 heterocycles. The van der Waals surface area contributed by atoms with Crippen molar-refractivity contribution in [1.29, 1.82) is 5.26 Å². The molecule has 4 fully saturated rings. The van der Waals surface area contributed by atoms with Crippen molar-refractivity contribution in [3.8, 4) is 6.07 Å². The lowest BCUT2D eigenvalue weighted by Gasteiger charge is -2.58. The van der Waals surface area contributed by atoms with Crippen LogP contribution in [-0.2, 0) is 11.3 Å². The van der Waals surface area contributed by atoms with Crippen molar-refractivity contribution >= 4 is 0 Å². The molecule has 4 aliphatic rings. The number of nitrogens with zero attached hydrogens (tertiary/aromatic N) is 3. The standard InChI is InChI=1S/C28H43N3O2/c1-18-11-20-5-6-23-22(24(20)12-21(18)16-33-4)9-10-27(2)25(23)7-8-26(27)28(3,32)17-31-15-19(13-29)14-30-31/h14-15,18,20-26,32H,5-12,16-17H2,1-4H3/t18-,20-,21-,22+,23-,24+,25+,26+,27+,28+/m1/s1. The Kier molecular flexibility index (Phi) is 6.15. The molecule has 0 spiro atoms. The molecule has 4 saturated carbocycles. The van der Waals surface area contributed by atoms with Crippen molar-refractivity contribution in [2.24, 2.45) is 52.8 Å². The summed E-state index contributed by atoms with van der Waals surface area (Å²) in [6.45, 7) is 8.35. The molecule has 33 heavy (non-hydrogen) atoms. The lowest BCUT2D eigenvalue weighted by atomic mass is 9.48. The van der Waals surface area contributed by atoms with Crippen molar-refractivity contribution in [3.05, 3.63) is 18.0 Å². The van der Waals surface area contributed by atoms with Crippen LogP contribution < -0.4 is 0 Å². The molecule has 10 atom stereocenters. The fraction of sp³-hybridized carbons (Fsp3) is 0.857. The third-order valence-electron chi connectivity index (χ3n) is 10.9. The van der Waals surface area contributed by atoms with E-state index in [1.807, 2.05) is 14.0 Å². The molecule has 1 aromatic heterocycles. The molecule has 0 unspecified atom stereocenters. The van der Waals surface area contributed by atoms with E-state index in [-0.39, 0.29) is 11.3 Å². The molecular formula is C28H43N3O2. The quantitative estimate of drug-likeness (QED) is 0.658. The van der Waals surface area contributed by atoms with Crippen LogP contribution in [0, 0.1) is 64.1 Å². The van der Waals surface area contributed by atoms with Crippen LogP contribution in [0.2, 0.25) is 0 Å². The van der Waals surface area contributed by atoms with Crippen LogP contribution >= 0.6 is 0 Å². The van der Waals surface area contributed by atoms with Crippen LogP contribution in [-0.4, -0.2) is 34.2 Å². The fourth-order valence-corrected chi connectivity index (χ4v) is 9.56. The summed E-state index contributed by atoms with van der Waals surface area (Å²) >= 11 is 0. The summed E-state index contributed by atoms with van der Waals surface area (Å²) in [5.74, 6) is 6.07. The minimum atomic E-state index is -0.809. The van der Waals surface area contributed by atoms with Gasteiger partial charge in [0, 0.05) is 19.9 Å². The highest BCUT2D eigenvalue weighted by Crippen LogP contribution is 2.66. The summed E-state index contributed by atoms with van der Waals surface area (Å²) in [5.41, 5.74) is -0.0423. The molecule has 0 aliphatic heterocycles. The van der Waals surface area contributed by atoms with Crippen LogP contribution in [0.15, 0.2) is 12.4 Å². The number of ether oxygens (including phenoxy) is 1. The van der Waals surface area contributed by atoms with Crippen LogP contribution in [0.5, 0.6) is 0 Å². The third-order valence-corrected chi connectivity index (χ3v) is 10.9. The Morgan fingerprint density at radius 3 is 2.76 bits per heavy atom. The Labute approximate surface area is 199 Å². The minimum absolute atomic E-state index is 0.205. The fourth-order valence-electron chi connectivity index (χ4n) is 9.56. The van der Waals surface area contributed by atoms with Crippen molar-refractivity contribution in [3.63, 3.8) is 0 Å². The molecule has 1 aromatic rings. The van der Waals surface area contributed by atoms with Gasteiger partial charge in [0.25, 0.3) is 0 Å². The van der Waals surface area contributed by atoms with E-state index in [0.29, 0.717) is 12.1 Å². The molecule has 4 aliphatic carbocycles. The van der Waals surface area contributed by atoms with Crippen LogP contribution in [0.4, 0.5) is 0 Å². The number of methoxy groups -OCH3 is 1. The average Bonchev–Trinajstić information content (AvgIpc) is 3.37. The first kappa shape index (κ1) is 23.4. The number of aromatic nitrogens is 2. The van der Waals surface area contributed by atoms with E-state index in [9.17, 15) is 5.11 Å². The van der Waals surface area contributed by atoms with Crippen LogP contribution in [0.3, 0.4) is 0 Å². The Morgan fingerprint density at radius 1 is 1.21 bits per heavy atom. The van der Waals surface area contributed by atoms with E-state index in [0.717, 1.165) is 54.5 Å². The number of aliphatic hydroxyl groups is 1. The van der Waals surface area contributed by atoms with Crippen molar-refractivity contribution in [2.75, 3.05) is 13.7 Å². The van der Waals surface area contributed by atoms with Gasteiger partial charge in [-0.3, -0.25) is 4.68 Å². The van der Waals surface area contributed by atoms with Gasteiger partial charge < -0.3 is 9.84 Å². The van der Waals surface area contributed by atoms with Crippen molar-refractivity contribution < 1.29 is 9.84 Å². The second kappa shape index (κ2) is 8.68. The van der Waals surface area contributed by atoms with Crippen LogP contribution in [0.25, 0.3) is 0 Å². The largest absolute Gasteiger partial charge is 0.388 e. The Hall–Kier alpha value is -1.38. The van der Waals surface area contributed by atoms with Crippen molar-refractivity contribution in [1.82, 2.24) is 9.78 Å². The van der Waals surface area contributed by atoms with Gasteiger partial charge in [0.1, 0.15) is 6.07 Å². The van der Waals surface area contributed by atoms with Gasteiger partial charge >= 0.3 is 0 Å². The lowest BCUT2D eigenvalue weighted by molar-refractivity contribution is -0.120. The van der Waals surface area contributed by atoms with E-state index in [2.05, 4.69) is 25.0 Å². The van der Waals surface area contributed by atoms with Gasteiger partial charge in [-0.1, -0.05) is 13.8 Å². The molecule has 0 bridgehead atoms. The smallest absolute Gasteiger partial charge is 0.102 e.